The van der Waals surface area contributed by atoms with Crippen LogP contribution in [0.4, 0.5) is 0 Å². The molecule has 0 amide bonds. The van der Waals surface area contributed by atoms with Gasteiger partial charge in [-0.25, -0.2) is 0 Å². The lowest BCUT2D eigenvalue weighted by Gasteiger charge is -2.01. The Morgan fingerprint density at radius 3 is 2.44 bits per heavy atom. The van der Waals surface area contributed by atoms with Crippen LogP contribution in [-0.2, 0) is 0 Å². The second-order valence-electron chi connectivity index (χ2n) is 3.70. The number of rotatable bonds is 7. The van der Waals surface area contributed by atoms with E-state index in [0.717, 1.165) is 30.7 Å². The van der Waals surface area contributed by atoms with Crippen molar-refractivity contribution in [1.82, 2.24) is 0 Å². The lowest BCUT2D eigenvalue weighted by molar-refractivity contribution is 0.108. The molecule has 0 fully saturated rings. The molecule has 0 atom stereocenters. The van der Waals surface area contributed by atoms with Gasteiger partial charge in [-0.3, -0.25) is 4.79 Å². The van der Waals surface area contributed by atoms with Crippen LogP contribution in [0.2, 0.25) is 0 Å². The van der Waals surface area contributed by atoms with E-state index < -0.39 is 0 Å². The number of benzene rings is 1. The molecule has 1 aromatic rings. The van der Waals surface area contributed by atoms with Crippen molar-refractivity contribution in [2.24, 2.45) is 5.73 Å². The summed E-state index contributed by atoms with van der Waals surface area (Å²) in [7, 11) is 0. The standard InChI is InChI=1S/C13H19NOS/c14-10-6-1-2-7-11-16-13(15)12-8-4-3-5-9-12/h3-5,8-9H,1-2,6-7,10-11,14H2. The minimum absolute atomic E-state index is 0.180. The molecule has 0 radical (unpaired) electrons. The number of nitrogens with two attached hydrogens (primary N) is 1. The van der Waals surface area contributed by atoms with Crippen molar-refractivity contribution in [1.29, 1.82) is 0 Å². The number of thioether (sulfide) groups is 1. The number of hydrogen-bond acceptors (Lipinski definition) is 3. The second-order valence-corrected chi connectivity index (χ2v) is 4.77. The molecule has 3 heteroatoms. The molecule has 0 unspecified atom stereocenters. The predicted octanol–water partition coefficient (Wildman–Crippen LogP) is 3.08. The van der Waals surface area contributed by atoms with Gasteiger partial charge >= 0.3 is 0 Å². The van der Waals surface area contributed by atoms with Crippen molar-refractivity contribution in [3.05, 3.63) is 35.9 Å². The summed E-state index contributed by atoms with van der Waals surface area (Å²) in [5, 5.41) is 0.180. The van der Waals surface area contributed by atoms with Gasteiger partial charge in [0.25, 0.3) is 0 Å². The van der Waals surface area contributed by atoms with Crippen molar-refractivity contribution in [2.45, 2.75) is 25.7 Å². The third-order valence-corrected chi connectivity index (χ3v) is 3.33. The average molecular weight is 237 g/mol. The SMILES string of the molecule is NCCCCCCSC(=O)c1ccccc1. The number of hydrogen-bond donors (Lipinski definition) is 1. The molecule has 16 heavy (non-hydrogen) atoms. The Morgan fingerprint density at radius 1 is 1.06 bits per heavy atom. The fourth-order valence-corrected chi connectivity index (χ4v) is 2.26. The van der Waals surface area contributed by atoms with Gasteiger partial charge in [-0.05, 0) is 19.4 Å². The van der Waals surface area contributed by atoms with Crippen LogP contribution in [0.3, 0.4) is 0 Å². The highest BCUT2D eigenvalue weighted by atomic mass is 32.2. The van der Waals surface area contributed by atoms with Crippen molar-refractivity contribution < 1.29 is 4.79 Å². The highest BCUT2D eigenvalue weighted by molar-refractivity contribution is 8.14. The largest absolute Gasteiger partial charge is 0.330 e. The van der Waals surface area contributed by atoms with E-state index in [2.05, 4.69) is 0 Å². The van der Waals surface area contributed by atoms with Gasteiger partial charge < -0.3 is 5.73 Å². The molecule has 0 saturated heterocycles. The molecule has 0 aliphatic carbocycles. The van der Waals surface area contributed by atoms with E-state index in [9.17, 15) is 4.79 Å². The zero-order valence-electron chi connectivity index (χ0n) is 9.52. The Hall–Kier alpha value is -0.800. The maximum atomic E-state index is 11.7. The van der Waals surface area contributed by atoms with E-state index in [1.54, 1.807) is 0 Å². The van der Waals surface area contributed by atoms with Crippen molar-refractivity contribution in [2.75, 3.05) is 12.3 Å². The molecule has 0 saturated carbocycles. The lowest BCUT2D eigenvalue weighted by atomic mass is 10.2. The quantitative estimate of drug-likeness (QED) is 0.741. The Kier molecular flexibility index (Phi) is 6.93. The minimum Gasteiger partial charge on any atom is -0.330 e. The first kappa shape index (κ1) is 13.3. The average Bonchev–Trinajstić information content (AvgIpc) is 2.34. The van der Waals surface area contributed by atoms with Crippen molar-refractivity contribution in [3.63, 3.8) is 0 Å². The van der Waals surface area contributed by atoms with Gasteiger partial charge in [-0.2, -0.15) is 0 Å². The first-order valence-electron chi connectivity index (χ1n) is 5.77. The Bertz CT molecular complexity index is 300. The molecular formula is C13H19NOS. The maximum absolute atomic E-state index is 11.7. The second kappa shape index (κ2) is 8.36. The van der Waals surface area contributed by atoms with Crippen LogP contribution in [-0.4, -0.2) is 17.4 Å². The topological polar surface area (TPSA) is 43.1 Å². The molecule has 0 heterocycles. The Morgan fingerprint density at radius 2 is 1.75 bits per heavy atom. The van der Waals surface area contributed by atoms with E-state index in [0.29, 0.717) is 0 Å². The zero-order valence-corrected chi connectivity index (χ0v) is 10.3. The molecule has 0 bridgehead atoms. The molecule has 2 nitrogen and oxygen atoms in total. The zero-order chi connectivity index (χ0) is 11.6. The summed E-state index contributed by atoms with van der Waals surface area (Å²) in [5.74, 6) is 0.915. The minimum atomic E-state index is 0.180. The van der Waals surface area contributed by atoms with E-state index in [1.165, 1.54) is 24.6 Å². The van der Waals surface area contributed by atoms with Crippen LogP contribution < -0.4 is 5.73 Å². The molecule has 0 aliphatic heterocycles. The Labute approximate surface area is 102 Å². The summed E-state index contributed by atoms with van der Waals surface area (Å²) in [6, 6.07) is 9.45. The summed E-state index contributed by atoms with van der Waals surface area (Å²) >= 11 is 1.42. The van der Waals surface area contributed by atoms with Crippen molar-refractivity contribution >= 4 is 16.9 Å². The van der Waals surface area contributed by atoms with Gasteiger partial charge in [0.15, 0.2) is 0 Å². The molecule has 0 spiro atoms. The summed E-state index contributed by atoms with van der Waals surface area (Å²) in [6.07, 6.45) is 4.55. The smallest absolute Gasteiger partial charge is 0.219 e. The molecule has 0 aliphatic rings. The predicted molar refractivity (Wildman–Crippen MR) is 70.8 cm³/mol. The normalized spacial score (nSPS) is 10.3. The number of unbranched alkanes of at least 4 members (excludes halogenated alkanes) is 3. The van der Waals surface area contributed by atoms with Gasteiger partial charge in [0.05, 0.1) is 0 Å². The fourth-order valence-electron chi connectivity index (χ4n) is 1.42. The monoisotopic (exact) mass is 237 g/mol. The van der Waals surface area contributed by atoms with Gasteiger partial charge in [-0.15, -0.1) is 0 Å². The molecule has 88 valence electrons. The molecular weight excluding hydrogens is 218 g/mol. The Balaban J connectivity index is 2.12. The summed E-state index contributed by atoms with van der Waals surface area (Å²) in [4.78, 5) is 11.7. The summed E-state index contributed by atoms with van der Waals surface area (Å²) in [5.41, 5.74) is 6.21. The van der Waals surface area contributed by atoms with Gasteiger partial charge in [-0.1, -0.05) is 54.9 Å². The molecule has 0 aromatic heterocycles. The van der Waals surface area contributed by atoms with Crippen molar-refractivity contribution in [3.8, 4) is 0 Å². The van der Waals surface area contributed by atoms with Crippen LogP contribution in [0, 0.1) is 0 Å². The van der Waals surface area contributed by atoms with Crippen LogP contribution in [0.1, 0.15) is 36.0 Å². The summed E-state index contributed by atoms with van der Waals surface area (Å²) in [6.45, 7) is 0.774. The first-order valence-corrected chi connectivity index (χ1v) is 6.75. The molecule has 1 aromatic carbocycles. The van der Waals surface area contributed by atoms with Gasteiger partial charge in [0.2, 0.25) is 5.12 Å². The van der Waals surface area contributed by atoms with E-state index in [-0.39, 0.29) is 5.12 Å². The van der Waals surface area contributed by atoms with Crippen LogP contribution in [0.15, 0.2) is 30.3 Å². The first-order chi connectivity index (χ1) is 7.84. The third-order valence-electron chi connectivity index (χ3n) is 2.34. The maximum Gasteiger partial charge on any atom is 0.219 e. The van der Waals surface area contributed by atoms with Gasteiger partial charge in [0, 0.05) is 11.3 Å². The summed E-state index contributed by atoms with van der Waals surface area (Å²) < 4.78 is 0. The van der Waals surface area contributed by atoms with Crippen LogP contribution >= 0.6 is 11.8 Å². The molecule has 2 N–H and O–H groups in total. The lowest BCUT2D eigenvalue weighted by Crippen LogP contribution is -1.98. The third kappa shape index (κ3) is 5.33. The fraction of sp³-hybridized carbons (Fsp3) is 0.462. The van der Waals surface area contributed by atoms with E-state index in [1.807, 2.05) is 30.3 Å². The number of carbonyl (C=O) groups excluding carboxylic acids is 1. The van der Waals surface area contributed by atoms with Crippen LogP contribution in [0.5, 0.6) is 0 Å². The molecule has 1 rings (SSSR count). The van der Waals surface area contributed by atoms with Crippen LogP contribution in [0.25, 0.3) is 0 Å². The number of carbonyl (C=O) groups is 1. The highest BCUT2D eigenvalue weighted by Crippen LogP contribution is 2.14. The highest BCUT2D eigenvalue weighted by Gasteiger charge is 2.04. The van der Waals surface area contributed by atoms with E-state index in [4.69, 9.17) is 5.73 Å². The van der Waals surface area contributed by atoms with Gasteiger partial charge in [0.1, 0.15) is 0 Å². The van der Waals surface area contributed by atoms with E-state index >= 15 is 0 Å².